The fourth-order valence-corrected chi connectivity index (χ4v) is 4.49. The van der Waals surface area contributed by atoms with Crippen LogP contribution in [0, 0.1) is 0 Å². The summed E-state index contributed by atoms with van der Waals surface area (Å²) in [5.74, 6) is 1.51. The second kappa shape index (κ2) is 8.61. The van der Waals surface area contributed by atoms with E-state index in [4.69, 9.17) is 9.47 Å². The van der Waals surface area contributed by atoms with Crippen molar-refractivity contribution >= 4 is 46.1 Å². The Balaban J connectivity index is 1.27. The Bertz CT molecular complexity index is 909. The maximum absolute atomic E-state index is 12.1. The van der Waals surface area contributed by atoms with Crippen LogP contribution in [0.3, 0.4) is 0 Å². The number of benzene rings is 1. The van der Waals surface area contributed by atoms with Gasteiger partial charge in [-0.3, -0.25) is 14.9 Å². The maximum atomic E-state index is 12.1. The van der Waals surface area contributed by atoms with Gasteiger partial charge in [-0.1, -0.05) is 29.2 Å². The van der Waals surface area contributed by atoms with Crippen LogP contribution >= 0.6 is 23.1 Å². The first kappa shape index (κ1) is 18.8. The average Bonchev–Trinajstić information content (AvgIpc) is 3.45. The Hall–Kier alpha value is -2.59. The minimum atomic E-state index is -0.307. The van der Waals surface area contributed by atoms with Gasteiger partial charge in [-0.2, -0.15) is 0 Å². The van der Waals surface area contributed by atoms with Gasteiger partial charge in [0.1, 0.15) is 0 Å². The van der Waals surface area contributed by atoms with Crippen molar-refractivity contribution < 1.29 is 19.1 Å². The summed E-state index contributed by atoms with van der Waals surface area (Å²) in [5, 5.41) is 11.1. The number of anilines is 1. The SMILES string of the molecule is O=C(/C=C\c1ccc2c(c1)OCO2)Nc1nnc(SCC(=O)N2CCCC2)s1. The van der Waals surface area contributed by atoms with Crippen molar-refractivity contribution in [2.75, 3.05) is 31.0 Å². The van der Waals surface area contributed by atoms with Crippen LogP contribution in [0.1, 0.15) is 18.4 Å². The predicted molar refractivity (Wildman–Crippen MR) is 107 cm³/mol. The van der Waals surface area contributed by atoms with E-state index in [0.29, 0.717) is 26.7 Å². The second-order valence-electron chi connectivity index (χ2n) is 6.18. The number of carbonyl (C=O) groups excluding carboxylic acids is 2. The van der Waals surface area contributed by atoms with E-state index in [0.717, 1.165) is 31.5 Å². The number of carbonyl (C=O) groups is 2. The number of amides is 2. The van der Waals surface area contributed by atoms with Gasteiger partial charge in [-0.25, -0.2) is 0 Å². The van der Waals surface area contributed by atoms with Crippen LogP contribution in [-0.2, 0) is 9.59 Å². The number of ether oxygens (including phenoxy) is 2. The quantitative estimate of drug-likeness (QED) is 0.438. The lowest BCUT2D eigenvalue weighted by Gasteiger charge is -2.13. The summed E-state index contributed by atoms with van der Waals surface area (Å²) < 4.78 is 11.2. The van der Waals surface area contributed by atoms with E-state index in [9.17, 15) is 9.59 Å². The lowest BCUT2D eigenvalue weighted by molar-refractivity contribution is -0.127. The monoisotopic (exact) mass is 418 g/mol. The minimum absolute atomic E-state index is 0.120. The van der Waals surface area contributed by atoms with Crippen molar-refractivity contribution in [2.45, 2.75) is 17.2 Å². The average molecular weight is 419 g/mol. The van der Waals surface area contributed by atoms with E-state index in [1.54, 1.807) is 12.1 Å². The van der Waals surface area contributed by atoms with Gasteiger partial charge >= 0.3 is 0 Å². The van der Waals surface area contributed by atoms with Gasteiger partial charge in [-0.05, 0) is 36.6 Å². The van der Waals surface area contributed by atoms with Crippen LogP contribution < -0.4 is 14.8 Å². The molecule has 146 valence electrons. The molecule has 0 atom stereocenters. The number of hydrogen-bond donors (Lipinski definition) is 1. The molecule has 0 saturated carbocycles. The highest BCUT2D eigenvalue weighted by atomic mass is 32.2. The summed E-state index contributed by atoms with van der Waals surface area (Å²) in [7, 11) is 0. The van der Waals surface area contributed by atoms with Crippen LogP contribution in [0.4, 0.5) is 5.13 Å². The fraction of sp³-hybridized carbons (Fsp3) is 0.333. The molecular formula is C18H18N4O4S2. The zero-order valence-electron chi connectivity index (χ0n) is 14.9. The lowest BCUT2D eigenvalue weighted by atomic mass is 10.2. The molecule has 28 heavy (non-hydrogen) atoms. The van der Waals surface area contributed by atoms with Crippen LogP contribution in [0.25, 0.3) is 6.08 Å². The molecule has 2 aliphatic rings. The Labute approximate surface area is 169 Å². The Morgan fingerprint density at radius 2 is 2.04 bits per heavy atom. The first-order valence-corrected chi connectivity index (χ1v) is 10.6. The standard InChI is InChI=1S/C18H18N4O4S2/c23-15(6-4-12-3-5-13-14(9-12)26-11-25-13)19-17-20-21-18(28-17)27-10-16(24)22-7-1-2-8-22/h3-6,9H,1-2,7-8,10-11H2,(H,19,20,23)/b6-4-. The third kappa shape index (κ3) is 4.63. The fourth-order valence-electron chi connectivity index (χ4n) is 2.84. The van der Waals surface area contributed by atoms with E-state index >= 15 is 0 Å². The van der Waals surface area contributed by atoms with E-state index in [1.165, 1.54) is 29.2 Å². The number of fused-ring (bicyclic) bond motifs is 1. The normalized spacial score (nSPS) is 15.4. The highest BCUT2D eigenvalue weighted by Crippen LogP contribution is 2.32. The first-order chi connectivity index (χ1) is 13.7. The highest BCUT2D eigenvalue weighted by Gasteiger charge is 2.18. The number of aromatic nitrogens is 2. The first-order valence-electron chi connectivity index (χ1n) is 8.80. The van der Waals surface area contributed by atoms with Gasteiger partial charge < -0.3 is 14.4 Å². The van der Waals surface area contributed by atoms with Gasteiger partial charge in [-0.15, -0.1) is 10.2 Å². The maximum Gasteiger partial charge on any atom is 0.250 e. The minimum Gasteiger partial charge on any atom is -0.454 e. The lowest BCUT2D eigenvalue weighted by Crippen LogP contribution is -2.29. The topological polar surface area (TPSA) is 93.6 Å². The molecule has 0 aliphatic carbocycles. The molecule has 0 radical (unpaired) electrons. The Morgan fingerprint density at radius 3 is 2.89 bits per heavy atom. The summed E-state index contributed by atoms with van der Waals surface area (Å²) >= 11 is 2.59. The summed E-state index contributed by atoms with van der Waals surface area (Å²) in [5.41, 5.74) is 0.827. The molecule has 4 rings (SSSR count). The van der Waals surface area contributed by atoms with Crippen molar-refractivity contribution in [1.29, 1.82) is 0 Å². The molecule has 2 amide bonds. The van der Waals surface area contributed by atoms with Crippen molar-refractivity contribution in [1.82, 2.24) is 15.1 Å². The van der Waals surface area contributed by atoms with Gasteiger partial charge in [0.2, 0.25) is 23.7 Å². The van der Waals surface area contributed by atoms with Gasteiger partial charge in [0.15, 0.2) is 15.8 Å². The van der Waals surface area contributed by atoms with Gasteiger partial charge in [0.05, 0.1) is 5.75 Å². The largest absolute Gasteiger partial charge is 0.454 e. The summed E-state index contributed by atoms with van der Waals surface area (Å²) in [4.78, 5) is 26.0. The number of thioether (sulfide) groups is 1. The summed E-state index contributed by atoms with van der Waals surface area (Å²) in [6.45, 7) is 1.89. The highest BCUT2D eigenvalue weighted by molar-refractivity contribution is 8.01. The zero-order chi connectivity index (χ0) is 19.3. The number of nitrogens with one attached hydrogen (secondary N) is 1. The molecule has 2 aromatic rings. The predicted octanol–water partition coefficient (Wildman–Crippen LogP) is 2.63. The van der Waals surface area contributed by atoms with Crippen LogP contribution in [0.15, 0.2) is 28.6 Å². The Morgan fingerprint density at radius 1 is 1.21 bits per heavy atom. The molecule has 1 aromatic carbocycles. The van der Waals surface area contributed by atoms with Crippen LogP contribution in [-0.4, -0.2) is 52.5 Å². The van der Waals surface area contributed by atoms with Gasteiger partial charge in [0.25, 0.3) is 0 Å². The third-order valence-corrected chi connectivity index (χ3v) is 6.20. The van der Waals surface area contributed by atoms with E-state index < -0.39 is 0 Å². The van der Waals surface area contributed by atoms with Crippen LogP contribution in [0.2, 0.25) is 0 Å². The third-order valence-electron chi connectivity index (χ3n) is 4.24. The molecule has 8 nitrogen and oxygen atoms in total. The number of hydrogen-bond acceptors (Lipinski definition) is 8. The van der Waals surface area contributed by atoms with Crippen molar-refractivity contribution in [3.05, 3.63) is 29.8 Å². The van der Waals surface area contributed by atoms with Gasteiger partial charge in [0, 0.05) is 19.2 Å². The molecule has 0 spiro atoms. The van der Waals surface area contributed by atoms with Crippen molar-refractivity contribution in [3.63, 3.8) is 0 Å². The molecule has 0 bridgehead atoms. The molecule has 0 unspecified atom stereocenters. The Kier molecular flexibility index (Phi) is 5.77. The van der Waals surface area contributed by atoms with Crippen LogP contribution in [0.5, 0.6) is 11.5 Å². The van der Waals surface area contributed by atoms with E-state index in [-0.39, 0.29) is 18.6 Å². The molecule has 1 fully saturated rings. The molecular weight excluding hydrogens is 400 g/mol. The molecule has 2 aliphatic heterocycles. The second-order valence-corrected chi connectivity index (χ2v) is 8.38. The van der Waals surface area contributed by atoms with Crippen molar-refractivity contribution in [2.24, 2.45) is 0 Å². The number of rotatable bonds is 6. The summed E-state index contributed by atoms with van der Waals surface area (Å²) in [6, 6.07) is 5.45. The molecule has 10 heteroatoms. The molecule has 1 N–H and O–H groups in total. The number of nitrogens with zero attached hydrogens (tertiary/aromatic N) is 3. The smallest absolute Gasteiger partial charge is 0.250 e. The number of likely N-dealkylation sites (tertiary alicyclic amines) is 1. The van der Waals surface area contributed by atoms with E-state index in [1.807, 2.05) is 17.0 Å². The zero-order valence-corrected chi connectivity index (χ0v) is 16.6. The van der Waals surface area contributed by atoms with E-state index in [2.05, 4.69) is 15.5 Å². The van der Waals surface area contributed by atoms with Crippen molar-refractivity contribution in [3.8, 4) is 11.5 Å². The molecule has 1 saturated heterocycles. The summed E-state index contributed by atoms with van der Waals surface area (Å²) in [6.07, 6.45) is 5.25. The molecule has 3 heterocycles. The molecule has 1 aromatic heterocycles.